The highest BCUT2D eigenvalue weighted by atomic mass is 16.2. The Morgan fingerprint density at radius 1 is 1.50 bits per heavy atom. The van der Waals surface area contributed by atoms with Crippen molar-refractivity contribution in [3.8, 4) is 0 Å². The quantitative estimate of drug-likeness (QED) is 0.540. The van der Waals surface area contributed by atoms with Crippen molar-refractivity contribution in [2.75, 3.05) is 26.7 Å². The molecule has 68 valence electrons. The number of rotatable bonds is 1. The number of amides is 1. The lowest BCUT2D eigenvalue weighted by atomic mass is 10.1. The summed E-state index contributed by atoms with van der Waals surface area (Å²) in [5.74, 6) is 0.266. The molecule has 4 heteroatoms. The zero-order valence-electron chi connectivity index (χ0n) is 7.36. The third-order valence-corrected chi connectivity index (χ3v) is 2.78. The van der Waals surface area contributed by atoms with Crippen LogP contribution in [-0.2, 0) is 4.79 Å². The molecule has 0 aliphatic carbocycles. The molecule has 2 N–H and O–H groups in total. The summed E-state index contributed by atoms with van der Waals surface area (Å²) in [4.78, 5) is 15.5. The molecule has 4 nitrogen and oxygen atoms in total. The van der Waals surface area contributed by atoms with E-state index in [1.54, 1.807) is 4.90 Å². The molecule has 0 bridgehead atoms. The number of nitrogens with two attached hydrogens (primary N) is 1. The second-order valence-electron chi connectivity index (χ2n) is 3.78. The zero-order valence-corrected chi connectivity index (χ0v) is 7.36. The van der Waals surface area contributed by atoms with E-state index < -0.39 is 0 Å². The van der Waals surface area contributed by atoms with Gasteiger partial charge >= 0.3 is 0 Å². The van der Waals surface area contributed by atoms with Gasteiger partial charge in [0.15, 0.2) is 0 Å². The molecule has 2 rings (SSSR count). The van der Waals surface area contributed by atoms with Gasteiger partial charge in [-0.3, -0.25) is 9.69 Å². The van der Waals surface area contributed by atoms with E-state index in [0.717, 1.165) is 26.1 Å². The summed E-state index contributed by atoms with van der Waals surface area (Å²) in [5.41, 5.74) is 5.65. The van der Waals surface area contributed by atoms with Crippen LogP contribution >= 0.6 is 0 Å². The maximum absolute atomic E-state index is 11.5. The lowest BCUT2D eigenvalue weighted by Crippen LogP contribution is -2.60. The average Bonchev–Trinajstić information content (AvgIpc) is 2.28. The molecule has 0 radical (unpaired) electrons. The van der Waals surface area contributed by atoms with Gasteiger partial charge in [-0.05, 0) is 6.42 Å². The Morgan fingerprint density at radius 3 is 2.58 bits per heavy atom. The average molecular weight is 169 g/mol. The zero-order chi connectivity index (χ0) is 8.72. The lowest BCUT2D eigenvalue weighted by Gasteiger charge is -2.40. The Kier molecular flexibility index (Phi) is 1.81. The highest BCUT2D eigenvalue weighted by molar-refractivity contribution is 5.83. The molecule has 0 spiro atoms. The Balaban J connectivity index is 1.93. The number of likely N-dealkylation sites (N-methyl/N-ethyl adjacent to an activating group) is 1. The fraction of sp³-hybridized carbons (Fsp3) is 0.875. The summed E-state index contributed by atoms with van der Waals surface area (Å²) >= 11 is 0. The van der Waals surface area contributed by atoms with E-state index in [1.165, 1.54) is 0 Å². The van der Waals surface area contributed by atoms with Gasteiger partial charge < -0.3 is 10.6 Å². The first kappa shape index (κ1) is 8.01. The van der Waals surface area contributed by atoms with E-state index in [-0.39, 0.29) is 11.9 Å². The van der Waals surface area contributed by atoms with E-state index in [9.17, 15) is 4.79 Å². The number of likely N-dealkylation sites (tertiary alicyclic amines) is 2. The topological polar surface area (TPSA) is 49.6 Å². The number of hydrogen-bond acceptors (Lipinski definition) is 3. The molecule has 0 aromatic heterocycles. The highest BCUT2D eigenvalue weighted by Crippen LogP contribution is 2.20. The summed E-state index contributed by atoms with van der Waals surface area (Å²) < 4.78 is 0. The summed E-state index contributed by atoms with van der Waals surface area (Å²) in [6, 6.07) is 0.429. The second-order valence-corrected chi connectivity index (χ2v) is 3.78. The van der Waals surface area contributed by atoms with Crippen molar-refractivity contribution in [3.05, 3.63) is 0 Å². The van der Waals surface area contributed by atoms with Crippen LogP contribution in [0.25, 0.3) is 0 Å². The maximum Gasteiger partial charge on any atom is 0.239 e. The van der Waals surface area contributed by atoms with Gasteiger partial charge in [-0.2, -0.15) is 0 Å². The highest BCUT2D eigenvalue weighted by Gasteiger charge is 2.38. The van der Waals surface area contributed by atoms with Crippen molar-refractivity contribution in [2.24, 2.45) is 5.73 Å². The second kappa shape index (κ2) is 2.71. The Labute approximate surface area is 72.3 Å². The van der Waals surface area contributed by atoms with Crippen molar-refractivity contribution in [3.63, 3.8) is 0 Å². The molecular formula is C8H15N3O. The Morgan fingerprint density at radius 2 is 2.17 bits per heavy atom. The summed E-state index contributed by atoms with van der Waals surface area (Å²) in [6.07, 6.45) is 0.974. The van der Waals surface area contributed by atoms with Crippen molar-refractivity contribution in [1.82, 2.24) is 9.80 Å². The van der Waals surface area contributed by atoms with E-state index in [4.69, 9.17) is 5.73 Å². The third-order valence-electron chi connectivity index (χ3n) is 2.78. The molecule has 0 aromatic carbocycles. The standard InChI is InChI=1S/C8H15N3O/c1-10-3-2-7(8(10)12)11-4-6(9)5-11/h6-7H,2-5,9H2,1H3. The van der Waals surface area contributed by atoms with Crippen LogP contribution in [0.2, 0.25) is 0 Å². The maximum atomic E-state index is 11.5. The van der Waals surface area contributed by atoms with Crippen LogP contribution in [0.15, 0.2) is 0 Å². The van der Waals surface area contributed by atoms with Gasteiger partial charge in [-0.25, -0.2) is 0 Å². The largest absolute Gasteiger partial charge is 0.344 e. The first-order valence-electron chi connectivity index (χ1n) is 4.43. The lowest BCUT2D eigenvalue weighted by molar-refractivity contribution is -0.132. The first-order chi connectivity index (χ1) is 5.68. The molecule has 0 aromatic rings. The third kappa shape index (κ3) is 1.11. The number of carbonyl (C=O) groups is 1. The minimum absolute atomic E-state index is 0.134. The molecule has 12 heavy (non-hydrogen) atoms. The van der Waals surface area contributed by atoms with Gasteiger partial charge in [-0.1, -0.05) is 0 Å². The van der Waals surface area contributed by atoms with Gasteiger partial charge in [-0.15, -0.1) is 0 Å². The number of carbonyl (C=O) groups excluding carboxylic acids is 1. The van der Waals surface area contributed by atoms with Gasteiger partial charge in [0, 0.05) is 32.7 Å². The molecular weight excluding hydrogens is 154 g/mol. The molecule has 2 heterocycles. The van der Waals surface area contributed by atoms with Crippen LogP contribution in [0.1, 0.15) is 6.42 Å². The SMILES string of the molecule is CN1CCC(N2CC(N)C2)C1=O. The number of hydrogen-bond donors (Lipinski definition) is 1. The molecule has 2 aliphatic heterocycles. The van der Waals surface area contributed by atoms with Crippen molar-refractivity contribution in [1.29, 1.82) is 0 Å². The predicted octanol–water partition coefficient (Wildman–Crippen LogP) is -1.14. The van der Waals surface area contributed by atoms with E-state index in [1.807, 2.05) is 7.05 Å². The fourth-order valence-electron chi connectivity index (χ4n) is 1.95. The van der Waals surface area contributed by atoms with E-state index in [2.05, 4.69) is 4.90 Å². The van der Waals surface area contributed by atoms with Gasteiger partial charge in [0.05, 0.1) is 6.04 Å². The molecule has 1 atom stereocenters. The van der Waals surface area contributed by atoms with Crippen LogP contribution in [0, 0.1) is 0 Å². The van der Waals surface area contributed by atoms with Gasteiger partial charge in [0.2, 0.25) is 5.91 Å². The minimum Gasteiger partial charge on any atom is -0.344 e. The Hall–Kier alpha value is -0.610. The molecule has 1 unspecified atom stereocenters. The normalized spacial score (nSPS) is 32.7. The van der Waals surface area contributed by atoms with Crippen LogP contribution in [-0.4, -0.2) is 54.5 Å². The van der Waals surface area contributed by atoms with Crippen molar-refractivity contribution < 1.29 is 4.79 Å². The van der Waals surface area contributed by atoms with E-state index in [0.29, 0.717) is 6.04 Å². The van der Waals surface area contributed by atoms with E-state index >= 15 is 0 Å². The summed E-state index contributed by atoms with van der Waals surface area (Å²) in [6.45, 7) is 2.68. The number of nitrogens with zero attached hydrogens (tertiary/aromatic N) is 2. The molecule has 2 saturated heterocycles. The van der Waals surface area contributed by atoms with Gasteiger partial charge in [0.1, 0.15) is 0 Å². The van der Waals surface area contributed by atoms with Gasteiger partial charge in [0.25, 0.3) is 0 Å². The monoisotopic (exact) mass is 169 g/mol. The van der Waals surface area contributed by atoms with Crippen LogP contribution in [0.4, 0.5) is 0 Å². The first-order valence-corrected chi connectivity index (χ1v) is 4.43. The Bertz CT molecular complexity index is 200. The summed E-state index contributed by atoms with van der Waals surface area (Å²) in [5, 5.41) is 0. The summed E-state index contributed by atoms with van der Waals surface area (Å²) in [7, 11) is 1.86. The van der Waals surface area contributed by atoms with Crippen LogP contribution in [0.5, 0.6) is 0 Å². The smallest absolute Gasteiger partial charge is 0.239 e. The molecule has 2 aliphatic rings. The molecule has 2 fully saturated rings. The van der Waals surface area contributed by atoms with Crippen LogP contribution < -0.4 is 5.73 Å². The predicted molar refractivity (Wildman–Crippen MR) is 45.6 cm³/mol. The molecule has 0 saturated carbocycles. The molecule has 1 amide bonds. The van der Waals surface area contributed by atoms with Crippen molar-refractivity contribution >= 4 is 5.91 Å². The van der Waals surface area contributed by atoms with Crippen molar-refractivity contribution in [2.45, 2.75) is 18.5 Å². The van der Waals surface area contributed by atoms with Crippen LogP contribution in [0.3, 0.4) is 0 Å². The minimum atomic E-state index is 0.134. The fourth-order valence-corrected chi connectivity index (χ4v) is 1.95.